The van der Waals surface area contributed by atoms with Crippen LogP contribution in [0.15, 0.2) is 0 Å². The van der Waals surface area contributed by atoms with Crippen LogP contribution in [0.4, 0.5) is 4.79 Å². The number of carboxylic acid groups (broad SMARTS) is 2. The summed E-state index contributed by atoms with van der Waals surface area (Å²) in [4.78, 5) is 32.0. The van der Waals surface area contributed by atoms with Crippen LogP contribution in [0.1, 0.15) is 33.6 Å². The van der Waals surface area contributed by atoms with E-state index < -0.39 is 17.5 Å². The number of hydrogen-bond acceptors (Lipinski definition) is 5. The second-order valence-electron chi connectivity index (χ2n) is 6.69. The van der Waals surface area contributed by atoms with Crippen LogP contribution in [0.25, 0.3) is 0 Å². The van der Waals surface area contributed by atoms with Crippen LogP contribution in [0.3, 0.4) is 0 Å². The van der Waals surface area contributed by atoms with Gasteiger partial charge in [0.1, 0.15) is 5.60 Å². The van der Waals surface area contributed by atoms with Crippen LogP contribution < -0.4 is 5.32 Å². The van der Waals surface area contributed by atoms with Gasteiger partial charge in [0.05, 0.1) is 0 Å². The Morgan fingerprint density at radius 3 is 2.09 bits per heavy atom. The zero-order chi connectivity index (χ0) is 17.0. The lowest BCUT2D eigenvalue weighted by Gasteiger charge is -2.28. The maximum atomic E-state index is 12.0. The predicted octanol–water partition coefficient (Wildman–Crippen LogP) is 0.763. The molecule has 0 radical (unpaired) electrons. The van der Waals surface area contributed by atoms with Crippen LogP contribution >= 0.6 is 0 Å². The summed E-state index contributed by atoms with van der Waals surface area (Å²) in [6.07, 6.45) is 2.31. The Kier molecular flexibility index (Phi) is 5.76. The fourth-order valence-electron chi connectivity index (χ4n) is 2.10. The van der Waals surface area contributed by atoms with Gasteiger partial charge in [0.25, 0.3) is 0 Å². The van der Waals surface area contributed by atoms with Gasteiger partial charge >= 0.3 is 18.0 Å². The summed E-state index contributed by atoms with van der Waals surface area (Å²) in [7, 11) is 0. The average Bonchev–Trinajstić information content (AvgIpc) is 3.15. The molecule has 1 spiro atoms. The smallest absolute Gasteiger partial charge is 0.414 e. The molecule has 0 aromatic carbocycles. The van der Waals surface area contributed by atoms with Crippen molar-refractivity contribution in [1.82, 2.24) is 10.2 Å². The number of rotatable bonds is 0. The van der Waals surface area contributed by atoms with Crippen molar-refractivity contribution >= 4 is 18.0 Å². The van der Waals surface area contributed by atoms with Crippen LogP contribution in [0.2, 0.25) is 0 Å². The third-order valence-corrected chi connectivity index (χ3v) is 3.38. The molecule has 0 aromatic rings. The molecule has 126 valence electrons. The largest absolute Gasteiger partial charge is 0.473 e. The van der Waals surface area contributed by atoms with E-state index in [1.807, 2.05) is 25.7 Å². The first kappa shape index (κ1) is 18.2. The summed E-state index contributed by atoms with van der Waals surface area (Å²) >= 11 is 0. The number of aliphatic carboxylic acids is 2. The highest BCUT2D eigenvalue weighted by molar-refractivity contribution is 6.27. The molecule has 2 fully saturated rings. The van der Waals surface area contributed by atoms with E-state index in [-0.39, 0.29) is 6.09 Å². The molecule has 0 aromatic heterocycles. The van der Waals surface area contributed by atoms with Crippen LogP contribution in [0.5, 0.6) is 0 Å². The Morgan fingerprint density at radius 2 is 1.68 bits per heavy atom. The van der Waals surface area contributed by atoms with Crippen molar-refractivity contribution in [2.24, 2.45) is 5.41 Å². The van der Waals surface area contributed by atoms with E-state index in [1.165, 1.54) is 12.8 Å². The van der Waals surface area contributed by atoms with E-state index in [9.17, 15) is 4.79 Å². The first-order chi connectivity index (χ1) is 10.0. The normalized spacial score (nSPS) is 19.5. The molecule has 1 saturated carbocycles. The van der Waals surface area contributed by atoms with E-state index in [1.54, 1.807) is 0 Å². The lowest BCUT2D eigenvalue weighted by Crippen LogP contribution is -2.40. The molecular weight excluding hydrogens is 292 g/mol. The third kappa shape index (κ3) is 6.30. The molecule has 1 heterocycles. The molecule has 1 aliphatic carbocycles. The minimum absolute atomic E-state index is 0.164. The van der Waals surface area contributed by atoms with Gasteiger partial charge in [0, 0.05) is 31.6 Å². The lowest BCUT2D eigenvalue weighted by atomic mass is 10.1. The van der Waals surface area contributed by atoms with E-state index in [2.05, 4.69) is 5.32 Å². The van der Waals surface area contributed by atoms with Crippen molar-refractivity contribution in [3.05, 3.63) is 0 Å². The number of hydrogen-bond donors (Lipinski definition) is 3. The molecule has 0 bridgehead atoms. The Morgan fingerprint density at radius 1 is 1.14 bits per heavy atom. The topological polar surface area (TPSA) is 116 Å². The first-order valence-electron chi connectivity index (χ1n) is 7.20. The van der Waals surface area contributed by atoms with Gasteiger partial charge in [-0.3, -0.25) is 0 Å². The molecule has 2 aliphatic rings. The Hall–Kier alpha value is -1.83. The standard InChI is InChI=1S/C12H22N2O2.C2H2O4/c1-11(2,3)16-10(15)14-7-6-13-8-12(9-14)4-5-12;3-1(4)2(5)6/h13H,4-9H2,1-3H3;(H,3,4)(H,5,6). The molecule has 1 amide bonds. The maximum Gasteiger partial charge on any atom is 0.414 e. The number of amides is 1. The Labute approximate surface area is 129 Å². The quantitative estimate of drug-likeness (QED) is 0.565. The molecule has 8 nitrogen and oxygen atoms in total. The lowest BCUT2D eigenvalue weighted by molar-refractivity contribution is -0.159. The third-order valence-electron chi connectivity index (χ3n) is 3.38. The number of carboxylic acids is 2. The fraction of sp³-hybridized carbons (Fsp3) is 0.786. The molecule has 1 aliphatic heterocycles. The van der Waals surface area contributed by atoms with Gasteiger partial charge in [-0.15, -0.1) is 0 Å². The van der Waals surface area contributed by atoms with Crippen molar-refractivity contribution in [2.45, 2.75) is 39.2 Å². The minimum atomic E-state index is -1.82. The van der Waals surface area contributed by atoms with Crippen molar-refractivity contribution in [2.75, 3.05) is 26.2 Å². The minimum Gasteiger partial charge on any atom is -0.473 e. The fourth-order valence-corrected chi connectivity index (χ4v) is 2.10. The van der Waals surface area contributed by atoms with Crippen LogP contribution in [-0.2, 0) is 14.3 Å². The van der Waals surface area contributed by atoms with Gasteiger partial charge < -0.3 is 25.2 Å². The second-order valence-corrected chi connectivity index (χ2v) is 6.69. The summed E-state index contributed by atoms with van der Waals surface area (Å²) < 4.78 is 5.41. The van der Waals surface area contributed by atoms with Gasteiger partial charge in [-0.2, -0.15) is 0 Å². The summed E-state index contributed by atoms with van der Waals surface area (Å²) in [5.41, 5.74) is -0.0407. The van der Waals surface area contributed by atoms with E-state index in [0.717, 1.165) is 26.2 Å². The van der Waals surface area contributed by atoms with Crippen LogP contribution in [-0.4, -0.2) is 64.9 Å². The van der Waals surface area contributed by atoms with E-state index in [4.69, 9.17) is 24.5 Å². The number of carbonyl (C=O) groups excluding carboxylic acids is 1. The van der Waals surface area contributed by atoms with Crippen molar-refractivity contribution in [3.63, 3.8) is 0 Å². The van der Waals surface area contributed by atoms with E-state index in [0.29, 0.717) is 5.41 Å². The van der Waals surface area contributed by atoms with Crippen molar-refractivity contribution in [1.29, 1.82) is 0 Å². The SMILES string of the molecule is CC(C)(C)OC(=O)N1CCNCC2(CC2)C1.O=C(O)C(=O)O. The van der Waals surface area contributed by atoms with Crippen molar-refractivity contribution < 1.29 is 29.3 Å². The zero-order valence-corrected chi connectivity index (χ0v) is 13.2. The number of nitrogens with zero attached hydrogens (tertiary/aromatic N) is 1. The number of ether oxygens (including phenoxy) is 1. The molecule has 0 unspecified atom stereocenters. The molecule has 22 heavy (non-hydrogen) atoms. The highest BCUT2D eigenvalue weighted by atomic mass is 16.6. The summed E-state index contributed by atoms with van der Waals surface area (Å²) in [5.74, 6) is -3.65. The molecule has 0 atom stereocenters. The van der Waals surface area contributed by atoms with Gasteiger partial charge in [-0.05, 0) is 33.6 Å². The van der Waals surface area contributed by atoms with E-state index >= 15 is 0 Å². The second kappa shape index (κ2) is 6.95. The zero-order valence-electron chi connectivity index (χ0n) is 13.2. The molecule has 8 heteroatoms. The summed E-state index contributed by atoms with van der Waals surface area (Å²) in [6.45, 7) is 9.27. The van der Waals surface area contributed by atoms with Gasteiger partial charge in [-0.1, -0.05) is 0 Å². The van der Waals surface area contributed by atoms with Crippen molar-refractivity contribution in [3.8, 4) is 0 Å². The highest BCUT2D eigenvalue weighted by Gasteiger charge is 2.45. The predicted molar refractivity (Wildman–Crippen MR) is 77.6 cm³/mol. The maximum absolute atomic E-state index is 12.0. The van der Waals surface area contributed by atoms with Gasteiger partial charge in [0.15, 0.2) is 0 Å². The summed E-state index contributed by atoms with van der Waals surface area (Å²) in [5, 5.41) is 18.2. The average molecular weight is 316 g/mol. The summed E-state index contributed by atoms with van der Waals surface area (Å²) in [6, 6.07) is 0. The highest BCUT2D eigenvalue weighted by Crippen LogP contribution is 2.46. The van der Waals surface area contributed by atoms with Crippen LogP contribution in [0, 0.1) is 5.41 Å². The monoisotopic (exact) mass is 316 g/mol. The molecule has 3 N–H and O–H groups in total. The molecule has 1 saturated heterocycles. The number of nitrogens with one attached hydrogen (secondary N) is 1. The molecular formula is C14H24N2O6. The first-order valence-corrected chi connectivity index (χ1v) is 7.20. The molecule has 2 rings (SSSR count). The Balaban J connectivity index is 0.000000346. The number of carbonyl (C=O) groups is 3. The Bertz CT molecular complexity index is 427. The van der Waals surface area contributed by atoms with Gasteiger partial charge in [-0.25, -0.2) is 14.4 Å². The van der Waals surface area contributed by atoms with Gasteiger partial charge in [0.2, 0.25) is 0 Å².